The van der Waals surface area contributed by atoms with E-state index in [1.165, 1.54) is 25.3 Å². The molecule has 1 heterocycles. The molecule has 2 N–H and O–H groups in total. The Hall–Kier alpha value is -2.76. The van der Waals surface area contributed by atoms with Gasteiger partial charge in [-0.1, -0.05) is 27.7 Å². The van der Waals surface area contributed by atoms with Gasteiger partial charge >= 0.3 is 5.97 Å². The van der Waals surface area contributed by atoms with Crippen LogP contribution in [-0.4, -0.2) is 24.1 Å². The molecule has 6 heteroatoms. The van der Waals surface area contributed by atoms with Gasteiger partial charge in [0.1, 0.15) is 17.1 Å². The normalized spacial score (nSPS) is 11.0. The van der Waals surface area contributed by atoms with Crippen molar-refractivity contribution in [1.29, 1.82) is 0 Å². The molecule has 25 heavy (non-hydrogen) atoms. The van der Waals surface area contributed by atoms with Gasteiger partial charge in [0.2, 0.25) is 0 Å². The quantitative estimate of drug-likeness (QED) is 0.805. The molecule has 134 valence electrons. The second-order valence-electron chi connectivity index (χ2n) is 6.41. The van der Waals surface area contributed by atoms with Crippen LogP contribution in [0.5, 0.6) is 5.75 Å². The maximum absolute atomic E-state index is 12.5. The number of anilines is 1. The van der Waals surface area contributed by atoms with Crippen molar-refractivity contribution in [2.75, 3.05) is 12.4 Å². The number of hydrogen-bond acceptors (Lipinski definition) is 4. The Kier molecular flexibility index (Phi) is 5.51. The highest BCUT2D eigenvalue weighted by Gasteiger charge is 2.21. The molecule has 0 atom stereocenters. The first-order valence-corrected chi connectivity index (χ1v) is 8.10. The third-order valence-electron chi connectivity index (χ3n) is 3.85. The number of hydrogen-bond donors (Lipinski definition) is 2. The molecule has 0 aliphatic carbocycles. The van der Waals surface area contributed by atoms with Crippen molar-refractivity contribution in [3.8, 4) is 5.75 Å². The number of aromatic carboxylic acids is 1. The van der Waals surface area contributed by atoms with Gasteiger partial charge in [-0.05, 0) is 29.7 Å². The molecule has 1 aromatic carbocycles. The summed E-state index contributed by atoms with van der Waals surface area (Å²) in [6.07, 6.45) is 0. The third-order valence-corrected chi connectivity index (χ3v) is 3.85. The highest BCUT2D eigenvalue weighted by atomic mass is 16.5. The summed E-state index contributed by atoms with van der Waals surface area (Å²) in [7, 11) is 1.38. The zero-order valence-electron chi connectivity index (χ0n) is 15.0. The topological polar surface area (TPSA) is 88.8 Å². The number of carbonyl (C=O) groups excluding carboxylic acids is 1. The summed E-state index contributed by atoms with van der Waals surface area (Å²) in [5, 5.41) is 11.8. The lowest BCUT2D eigenvalue weighted by Crippen LogP contribution is -2.11. The molecule has 0 saturated carbocycles. The highest BCUT2D eigenvalue weighted by molar-refractivity contribution is 6.03. The van der Waals surface area contributed by atoms with Gasteiger partial charge in [0.05, 0.1) is 7.11 Å². The molecule has 0 bridgehead atoms. The number of benzene rings is 1. The fraction of sp³-hybridized carbons (Fsp3) is 0.368. The Morgan fingerprint density at radius 3 is 2.28 bits per heavy atom. The monoisotopic (exact) mass is 345 g/mol. The predicted molar refractivity (Wildman–Crippen MR) is 94.8 cm³/mol. The molecule has 1 aromatic heterocycles. The summed E-state index contributed by atoms with van der Waals surface area (Å²) in [5.41, 5.74) is 1.47. The second-order valence-corrected chi connectivity index (χ2v) is 6.41. The molecule has 0 saturated heterocycles. The Balaban J connectivity index is 2.28. The Morgan fingerprint density at radius 1 is 1.12 bits per heavy atom. The molecule has 0 radical (unpaired) electrons. The highest BCUT2D eigenvalue weighted by Crippen LogP contribution is 2.30. The molecule has 6 nitrogen and oxygen atoms in total. The van der Waals surface area contributed by atoms with Crippen LogP contribution in [0.15, 0.2) is 28.7 Å². The van der Waals surface area contributed by atoms with Crippen LogP contribution in [0.2, 0.25) is 0 Å². The molecule has 1 amide bonds. The first kappa shape index (κ1) is 18.6. The number of methoxy groups -OCH3 is 1. The molecule has 2 aromatic rings. The molecule has 2 rings (SSSR count). The van der Waals surface area contributed by atoms with Crippen LogP contribution >= 0.6 is 0 Å². The van der Waals surface area contributed by atoms with E-state index in [1.807, 2.05) is 27.7 Å². The van der Waals surface area contributed by atoms with E-state index in [0.717, 1.165) is 11.3 Å². The third kappa shape index (κ3) is 4.02. The van der Waals surface area contributed by atoms with E-state index >= 15 is 0 Å². The summed E-state index contributed by atoms with van der Waals surface area (Å²) in [6.45, 7) is 8.13. The number of amides is 1. The zero-order valence-corrected chi connectivity index (χ0v) is 15.0. The molecular weight excluding hydrogens is 322 g/mol. The minimum absolute atomic E-state index is 0.0303. The van der Waals surface area contributed by atoms with Crippen LogP contribution in [0.25, 0.3) is 0 Å². The van der Waals surface area contributed by atoms with Gasteiger partial charge in [0, 0.05) is 17.7 Å². The lowest BCUT2D eigenvalue weighted by atomic mass is 9.98. The molecule has 0 aliphatic heterocycles. The predicted octanol–water partition coefficient (Wildman–Crippen LogP) is 4.49. The number of furan rings is 1. The van der Waals surface area contributed by atoms with Crippen LogP contribution in [0, 0.1) is 0 Å². The molecule has 0 fully saturated rings. The zero-order chi connectivity index (χ0) is 18.7. The lowest BCUT2D eigenvalue weighted by molar-refractivity contribution is 0.0693. The SMILES string of the molecule is COc1cc(NC(=O)c2cc(C(C)C)c(C(C)C)o2)ccc1C(=O)O. The Labute approximate surface area is 146 Å². The van der Waals surface area contributed by atoms with E-state index in [-0.39, 0.29) is 34.8 Å². The standard InChI is InChI=1S/C19H23NO5/c1-10(2)14-9-16(25-17(14)11(3)4)18(21)20-12-6-7-13(19(22)23)15(8-12)24-5/h6-11H,1-5H3,(H,20,21)(H,22,23). The summed E-state index contributed by atoms with van der Waals surface area (Å²) < 4.78 is 10.8. The van der Waals surface area contributed by atoms with Crippen molar-refractivity contribution in [3.05, 3.63) is 46.9 Å². The van der Waals surface area contributed by atoms with Gasteiger partial charge in [-0.2, -0.15) is 0 Å². The van der Waals surface area contributed by atoms with Gasteiger partial charge in [0.15, 0.2) is 5.76 Å². The van der Waals surface area contributed by atoms with Crippen LogP contribution < -0.4 is 10.1 Å². The van der Waals surface area contributed by atoms with E-state index < -0.39 is 5.97 Å². The maximum Gasteiger partial charge on any atom is 0.339 e. The van der Waals surface area contributed by atoms with Gasteiger partial charge in [-0.15, -0.1) is 0 Å². The molecule has 0 aliphatic rings. The Bertz CT molecular complexity index is 764. The average molecular weight is 345 g/mol. The van der Waals surface area contributed by atoms with Crippen LogP contribution in [0.3, 0.4) is 0 Å². The first-order chi connectivity index (χ1) is 11.7. The number of nitrogens with one attached hydrogen (secondary N) is 1. The van der Waals surface area contributed by atoms with Crippen LogP contribution in [-0.2, 0) is 0 Å². The summed E-state index contributed by atoms with van der Waals surface area (Å²) >= 11 is 0. The molecule has 0 spiro atoms. The first-order valence-electron chi connectivity index (χ1n) is 8.10. The van der Waals surface area contributed by atoms with Crippen molar-refractivity contribution < 1.29 is 23.8 Å². The fourth-order valence-corrected chi connectivity index (χ4v) is 2.57. The minimum Gasteiger partial charge on any atom is -0.496 e. The van der Waals surface area contributed by atoms with E-state index in [9.17, 15) is 9.59 Å². The number of rotatable bonds is 6. The smallest absolute Gasteiger partial charge is 0.339 e. The van der Waals surface area contributed by atoms with Crippen molar-refractivity contribution in [2.45, 2.75) is 39.5 Å². The summed E-state index contributed by atoms with van der Waals surface area (Å²) in [4.78, 5) is 23.6. The van der Waals surface area contributed by atoms with E-state index in [4.69, 9.17) is 14.3 Å². The van der Waals surface area contributed by atoms with E-state index in [1.54, 1.807) is 6.07 Å². The van der Waals surface area contributed by atoms with Crippen molar-refractivity contribution in [3.63, 3.8) is 0 Å². The van der Waals surface area contributed by atoms with E-state index in [2.05, 4.69) is 5.32 Å². The van der Waals surface area contributed by atoms with Crippen molar-refractivity contribution >= 4 is 17.6 Å². The number of carbonyl (C=O) groups is 2. The lowest BCUT2D eigenvalue weighted by Gasteiger charge is -2.08. The average Bonchev–Trinajstić information content (AvgIpc) is 3.00. The molecular formula is C19H23NO5. The van der Waals surface area contributed by atoms with Crippen molar-refractivity contribution in [1.82, 2.24) is 0 Å². The van der Waals surface area contributed by atoms with Gasteiger partial charge in [-0.3, -0.25) is 4.79 Å². The van der Waals surface area contributed by atoms with Crippen LogP contribution in [0.4, 0.5) is 5.69 Å². The second kappa shape index (κ2) is 7.42. The number of ether oxygens (including phenoxy) is 1. The van der Waals surface area contributed by atoms with Crippen molar-refractivity contribution in [2.24, 2.45) is 0 Å². The van der Waals surface area contributed by atoms with E-state index in [0.29, 0.717) is 5.69 Å². The van der Waals surface area contributed by atoms with Crippen LogP contribution in [0.1, 0.15) is 71.8 Å². The Morgan fingerprint density at radius 2 is 1.80 bits per heavy atom. The largest absolute Gasteiger partial charge is 0.496 e. The molecule has 0 unspecified atom stereocenters. The number of carboxylic acid groups (broad SMARTS) is 1. The number of carboxylic acids is 1. The maximum atomic E-state index is 12.5. The van der Waals surface area contributed by atoms with Gasteiger partial charge in [-0.25, -0.2) is 4.79 Å². The van der Waals surface area contributed by atoms with Gasteiger partial charge in [0.25, 0.3) is 5.91 Å². The summed E-state index contributed by atoms with van der Waals surface area (Å²) in [6, 6.07) is 6.13. The summed E-state index contributed by atoms with van der Waals surface area (Å²) in [5.74, 6) is 0.150. The minimum atomic E-state index is -1.09. The fourth-order valence-electron chi connectivity index (χ4n) is 2.57. The van der Waals surface area contributed by atoms with Gasteiger partial charge < -0.3 is 19.6 Å².